The van der Waals surface area contributed by atoms with Gasteiger partial charge in [-0.15, -0.1) is 0 Å². The summed E-state index contributed by atoms with van der Waals surface area (Å²) in [6.07, 6.45) is 1.18. The molecule has 1 heterocycles. The Labute approximate surface area is 68.8 Å². The topological polar surface area (TPSA) is 41.5 Å². The van der Waals surface area contributed by atoms with Gasteiger partial charge in [-0.25, -0.2) is 0 Å². The molecule has 3 heteroatoms. The lowest BCUT2D eigenvalue weighted by molar-refractivity contribution is 0.188. The molecule has 2 N–H and O–H groups in total. The van der Waals surface area contributed by atoms with Gasteiger partial charge >= 0.3 is 0 Å². The first-order valence-corrected chi connectivity index (χ1v) is 4.07. The van der Waals surface area contributed by atoms with Gasteiger partial charge in [0, 0.05) is 25.8 Å². The minimum atomic E-state index is 0.594. The fourth-order valence-electron chi connectivity index (χ4n) is 1.14. The minimum absolute atomic E-state index is 0.594. The molecule has 0 aromatic carbocycles. The van der Waals surface area contributed by atoms with Crippen LogP contribution in [-0.2, 0) is 4.74 Å². The summed E-state index contributed by atoms with van der Waals surface area (Å²) in [4.78, 5) is 0. The molecule has 3 nitrogen and oxygen atoms in total. The number of rotatable bonds is 2. The molecule has 0 aromatic heterocycles. The number of aliphatic hydroxyl groups excluding tert-OH is 1. The Morgan fingerprint density at radius 3 is 2.45 bits per heavy atom. The third-order valence-electron chi connectivity index (χ3n) is 1.50. The maximum Gasteiger partial charge on any atom is 0.0620 e. The molecule has 1 fully saturated rings. The summed E-state index contributed by atoms with van der Waals surface area (Å²) < 4.78 is 5.20. The molecule has 0 radical (unpaired) electrons. The van der Waals surface area contributed by atoms with Gasteiger partial charge < -0.3 is 15.2 Å². The Morgan fingerprint density at radius 2 is 2.09 bits per heavy atom. The summed E-state index contributed by atoms with van der Waals surface area (Å²) in [7, 11) is 1.00. The van der Waals surface area contributed by atoms with Crippen molar-refractivity contribution in [2.24, 2.45) is 0 Å². The normalized spacial score (nSPS) is 23.2. The molecule has 1 unspecified atom stereocenters. The molecule has 68 valence electrons. The Kier molecular flexibility index (Phi) is 6.51. The van der Waals surface area contributed by atoms with Crippen LogP contribution in [0.1, 0.15) is 20.3 Å². The van der Waals surface area contributed by atoms with Crippen LogP contribution >= 0.6 is 0 Å². The molecular weight excluding hydrogens is 142 g/mol. The Balaban J connectivity index is 0.000000461. The highest BCUT2D eigenvalue weighted by Gasteiger charge is 2.14. The number of aliphatic hydroxyl groups is 1. The van der Waals surface area contributed by atoms with Gasteiger partial charge in [0.1, 0.15) is 0 Å². The van der Waals surface area contributed by atoms with Gasteiger partial charge in [0.2, 0.25) is 0 Å². The summed E-state index contributed by atoms with van der Waals surface area (Å²) in [6, 6.07) is 1.21. The summed E-state index contributed by atoms with van der Waals surface area (Å²) in [5.41, 5.74) is 0. The lowest BCUT2D eigenvalue weighted by atomic mass is 10.2. The average molecular weight is 161 g/mol. The largest absolute Gasteiger partial charge is 0.400 e. The summed E-state index contributed by atoms with van der Waals surface area (Å²) >= 11 is 0. The van der Waals surface area contributed by atoms with E-state index in [4.69, 9.17) is 9.84 Å². The maximum atomic E-state index is 7.00. The van der Waals surface area contributed by atoms with E-state index >= 15 is 0 Å². The second kappa shape index (κ2) is 6.58. The van der Waals surface area contributed by atoms with Gasteiger partial charge in [0.05, 0.1) is 6.61 Å². The number of hydrogen-bond acceptors (Lipinski definition) is 3. The summed E-state index contributed by atoms with van der Waals surface area (Å²) in [6.45, 7) is 6.17. The van der Waals surface area contributed by atoms with Crippen LogP contribution in [0.5, 0.6) is 0 Å². The molecule has 11 heavy (non-hydrogen) atoms. The fraction of sp³-hybridized carbons (Fsp3) is 1.00. The molecule has 1 rings (SSSR count). The highest BCUT2D eigenvalue weighted by Crippen LogP contribution is 2.03. The summed E-state index contributed by atoms with van der Waals surface area (Å²) in [5, 5.41) is 10.4. The zero-order chi connectivity index (χ0) is 8.69. The van der Waals surface area contributed by atoms with E-state index in [1.807, 2.05) is 0 Å². The van der Waals surface area contributed by atoms with E-state index in [9.17, 15) is 0 Å². The van der Waals surface area contributed by atoms with Gasteiger partial charge in [0.15, 0.2) is 0 Å². The molecule has 1 atom stereocenters. The van der Waals surface area contributed by atoms with Gasteiger partial charge in [0.25, 0.3) is 0 Å². The molecule has 0 amide bonds. The first kappa shape index (κ1) is 10.9. The maximum absolute atomic E-state index is 7.00. The van der Waals surface area contributed by atoms with Crippen LogP contribution in [0.3, 0.4) is 0 Å². The number of ether oxygens (including phenoxy) is 1. The molecule has 0 bridgehead atoms. The van der Waals surface area contributed by atoms with Crippen molar-refractivity contribution in [1.29, 1.82) is 0 Å². The monoisotopic (exact) mass is 161 g/mol. The summed E-state index contributed by atoms with van der Waals surface area (Å²) in [5.74, 6) is 0. The van der Waals surface area contributed by atoms with E-state index in [1.165, 1.54) is 6.42 Å². The predicted molar refractivity (Wildman–Crippen MR) is 45.6 cm³/mol. The predicted octanol–water partition coefficient (Wildman–Crippen LogP) is 0.382. The van der Waals surface area contributed by atoms with Crippen molar-refractivity contribution in [3.05, 3.63) is 0 Å². The zero-order valence-electron chi connectivity index (χ0n) is 7.63. The van der Waals surface area contributed by atoms with Gasteiger partial charge in [-0.1, -0.05) is 13.8 Å². The third-order valence-corrected chi connectivity index (χ3v) is 1.50. The van der Waals surface area contributed by atoms with Crippen LogP contribution in [0.2, 0.25) is 0 Å². The van der Waals surface area contributed by atoms with Crippen molar-refractivity contribution >= 4 is 0 Å². The van der Waals surface area contributed by atoms with E-state index in [-0.39, 0.29) is 0 Å². The zero-order valence-corrected chi connectivity index (χ0v) is 7.63. The van der Waals surface area contributed by atoms with Crippen LogP contribution in [0.25, 0.3) is 0 Å². The second-order valence-corrected chi connectivity index (χ2v) is 2.88. The second-order valence-electron chi connectivity index (χ2n) is 2.88. The molecule has 1 saturated heterocycles. The number of nitrogens with one attached hydrogen (secondary N) is 1. The Bertz CT molecular complexity index is 80.2. The molecule has 0 saturated carbocycles. The SMILES string of the molecule is CC(C)NC1CCOC1.CO. The van der Waals surface area contributed by atoms with E-state index in [0.29, 0.717) is 12.1 Å². The van der Waals surface area contributed by atoms with Crippen LogP contribution in [-0.4, -0.2) is 37.5 Å². The average Bonchev–Trinajstić information content (AvgIpc) is 2.43. The van der Waals surface area contributed by atoms with Crippen molar-refractivity contribution in [1.82, 2.24) is 5.32 Å². The molecule has 0 aromatic rings. The molecule has 0 spiro atoms. The molecular formula is C8H19NO2. The van der Waals surface area contributed by atoms with Crippen molar-refractivity contribution in [3.8, 4) is 0 Å². The van der Waals surface area contributed by atoms with Crippen molar-refractivity contribution in [2.45, 2.75) is 32.4 Å². The van der Waals surface area contributed by atoms with Crippen LogP contribution in [0.4, 0.5) is 0 Å². The van der Waals surface area contributed by atoms with Crippen molar-refractivity contribution in [2.75, 3.05) is 20.3 Å². The lowest BCUT2D eigenvalue weighted by Gasteiger charge is -2.12. The first-order chi connectivity index (χ1) is 5.29. The molecule has 0 aliphatic carbocycles. The highest BCUT2D eigenvalue weighted by atomic mass is 16.5. The number of hydrogen-bond donors (Lipinski definition) is 2. The minimum Gasteiger partial charge on any atom is -0.400 e. The van der Waals surface area contributed by atoms with E-state index < -0.39 is 0 Å². The lowest BCUT2D eigenvalue weighted by Crippen LogP contribution is -2.34. The van der Waals surface area contributed by atoms with E-state index in [0.717, 1.165) is 20.3 Å². The van der Waals surface area contributed by atoms with Crippen molar-refractivity contribution < 1.29 is 9.84 Å². The van der Waals surface area contributed by atoms with Gasteiger partial charge in [-0.2, -0.15) is 0 Å². The highest BCUT2D eigenvalue weighted by molar-refractivity contribution is 4.72. The quantitative estimate of drug-likeness (QED) is 0.615. The molecule has 1 aliphatic heterocycles. The van der Waals surface area contributed by atoms with Gasteiger partial charge in [-0.05, 0) is 6.42 Å². The van der Waals surface area contributed by atoms with E-state index in [2.05, 4.69) is 19.2 Å². The van der Waals surface area contributed by atoms with Gasteiger partial charge in [-0.3, -0.25) is 0 Å². The van der Waals surface area contributed by atoms with Crippen molar-refractivity contribution in [3.63, 3.8) is 0 Å². The van der Waals surface area contributed by atoms with Crippen LogP contribution in [0.15, 0.2) is 0 Å². The Hall–Kier alpha value is -0.120. The fourth-order valence-corrected chi connectivity index (χ4v) is 1.14. The first-order valence-electron chi connectivity index (χ1n) is 4.07. The van der Waals surface area contributed by atoms with Crippen LogP contribution < -0.4 is 5.32 Å². The third kappa shape index (κ3) is 5.18. The smallest absolute Gasteiger partial charge is 0.0620 e. The van der Waals surface area contributed by atoms with E-state index in [1.54, 1.807) is 0 Å². The molecule has 1 aliphatic rings. The Morgan fingerprint density at radius 1 is 1.45 bits per heavy atom. The van der Waals surface area contributed by atoms with Crippen LogP contribution in [0, 0.1) is 0 Å². The standard InChI is InChI=1S/C7H15NO.CH4O/c1-6(2)8-7-3-4-9-5-7;1-2/h6-8H,3-5H2,1-2H3;2H,1H3.